The van der Waals surface area contributed by atoms with Crippen LogP contribution in [0.3, 0.4) is 0 Å². The van der Waals surface area contributed by atoms with Crippen LogP contribution in [0.5, 0.6) is 11.5 Å². The Morgan fingerprint density at radius 3 is 2.41 bits per heavy atom. The van der Waals surface area contributed by atoms with Gasteiger partial charge in [0.25, 0.3) is 0 Å². The normalized spacial score (nSPS) is 28.0. The number of nitrogens with zero attached hydrogens (tertiary/aromatic N) is 1. The Morgan fingerprint density at radius 1 is 1.11 bits per heavy atom. The van der Waals surface area contributed by atoms with E-state index in [4.69, 9.17) is 9.47 Å². The number of carbonyl (C=O) groups excluding carboxylic acids is 1. The molecule has 1 amide bonds. The number of rotatable bonds is 4. The summed E-state index contributed by atoms with van der Waals surface area (Å²) in [6.45, 7) is 9.78. The zero-order valence-corrected chi connectivity index (χ0v) is 17.7. The minimum absolute atomic E-state index is 0.0751. The van der Waals surface area contributed by atoms with Crippen molar-refractivity contribution in [2.75, 3.05) is 20.8 Å². The van der Waals surface area contributed by atoms with Gasteiger partial charge in [-0.25, -0.2) is 0 Å². The molecule has 3 rings (SSSR count). The van der Waals surface area contributed by atoms with Gasteiger partial charge in [-0.05, 0) is 67.2 Å². The fourth-order valence-electron chi connectivity index (χ4n) is 5.14. The van der Waals surface area contributed by atoms with Gasteiger partial charge in [0.05, 0.1) is 20.3 Å². The maximum absolute atomic E-state index is 13.6. The predicted molar refractivity (Wildman–Crippen MR) is 108 cm³/mol. The second kappa shape index (κ2) is 8.12. The van der Waals surface area contributed by atoms with Crippen LogP contribution in [-0.4, -0.2) is 31.6 Å². The van der Waals surface area contributed by atoms with Crippen LogP contribution in [0.4, 0.5) is 0 Å². The van der Waals surface area contributed by atoms with Crippen LogP contribution >= 0.6 is 0 Å². The Kier molecular flexibility index (Phi) is 6.02. The molecule has 4 heteroatoms. The molecule has 4 atom stereocenters. The second-order valence-electron chi connectivity index (χ2n) is 8.80. The fourth-order valence-corrected chi connectivity index (χ4v) is 5.14. The van der Waals surface area contributed by atoms with Crippen molar-refractivity contribution in [3.63, 3.8) is 0 Å². The van der Waals surface area contributed by atoms with Gasteiger partial charge in [-0.2, -0.15) is 0 Å². The molecule has 1 aromatic carbocycles. The number of hydrogen-bond acceptors (Lipinski definition) is 3. The highest BCUT2D eigenvalue weighted by atomic mass is 16.5. The Morgan fingerprint density at radius 2 is 1.78 bits per heavy atom. The van der Waals surface area contributed by atoms with Gasteiger partial charge in [0.2, 0.25) is 5.91 Å². The van der Waals surface area contributed by atoms with Crippen molar-refractivity contribution in [2.45, 2.75) is 59.4 Å². The van der Waals surface area contributed by atoms with Crippen molar-refractivity contribution in [3.05, 3.63) is 23.3 Å². The monoisotopic (exact) mass is 373 g/mol. The SMILES string of the molecule is COc1cc2c(cc1OC)C(C)N(C(=O)[C@@H]1CC(C)CCC1C(C)C)CC2. The minimum Gasteiger partial charge on any atom is -0.493 e. The van der Waals surface area contributed by atoms with E-state index in [0.29, 0.717) is 23.7 Å². The van der Waals surface area contributed by atoms with Crippen LogP contribution in [0, 0.1) is 23.7 Å². The molecule has 4 nitrogen and oxygen atoms in total. The first-order valence-corrected chi connectivity index (χ1v) is 10.4. The van der Waals surface area contributed by atoms with Crippen molar-refractivity contribution in [2.24, 2.45) is 23.7 Å². The molecule has 0 aromatic heterocycles. The first kappa shape index (κ1) is 20.0. The van der Waals surface area contributed by atoms with E-state index in [1.807, 2.05) is 0 Å². The van der Waals surface area contributed by atoms with Crippen LogP contribution < -0.4 is 9.47 Å². The van der Waals surface area contributed by atoms with Gasteiger partial charge >= 0.3 is 0 Å². The lowest BCUT2D eigenvalue weighted by atomic mass is 9.69. The van der Waals surface area contributed by atoms with Crippen LogP contribution in [0.15, 0.2) is 12.1 Å². The number of hydrogen-bond donors (Lipinski definition) is 0. The summed E-state index contributed by atoms with van der Waals surface area (Å²) in [7, 11) is 3.33. The highest BCUT2D eigenvalue weighted by molar-refractivity contribution is 5.80. The summed E-state index contributed by atoms with van der Waals surface area (Å²) in [5.74, 6) is 3.74. The Balaban J connectivity index is 1.87. The number of amides is 1. The number of benzene rings is 1. The fraction of sp³-hybridized carbons (Fsp3) is 0.696. The number of carbonyl (C=O) groups is 1. The Bertz CT molecular complexity index is 684. The number of fused-ring (bicyclic) bond motifs is 1. The van der Waals surface area contributed by atoms with Gasteiger partial charge in [-0.15, -0.1) is 0 Å². The van der Waals surface area contributed by atoms with E-state index in [9.17, 15) is 4.79 Å². The quantitative estimate of drug-likeness (QED) is 0.757. The van der Waals surface area contributed by atoms with Crippen LogP contribution in [0.25, 0.3) is 0 Å². The standard InChI is InChI=1S/C23H35NO3/c1-14(2)18-8-7-15(3)11-20(18)23(25)24-10-9-17-12-21(26-5)22(27-6)13-19(17)16(24)4/h12-16,18,20H,7-11H2,1-6H3/t15?,16?,18?,20-/m1/s1. The third-order valence-electron chi connectivity index (χ3n) is 6.81. The molecule has 0 spiro atoms. The van der Waals surface area contributed by atoms with E-state index < -0.39 is 0 Å². The third kappa shape index (κ3) is 3.81. The molecule has 3 unspecified atom stereocenters. The molecule has 27 heavy (non-hydrogen) atoms. The van der Waals surface area contributed by atoms with Gasteiger partial charge in [0, 0.05) is 12.5 Å². The third-order valence-corrected chi connectivity index (χ3v) is 6.81. The van der Waals surface area contributed by atoms with E-state index in [2.05, 4.69) is 44.7 Å². The number of methoxy groups -OCH3 is 2. The lowest BCUT2D eigenvalue weighted by molar-refractivity contribution is -0.142. The molecule has 0 N–H and O–H groups in total. The first-order chi connectivity index (χ1) is 12.9. The van der Waals surface area contributed by atoms with E-state index in [0.717, 1.165) is 30.9 Å². The van der Waals surface area contributed by atoms with E-state index >= 15 is 0 Å². The van der Waals surface area contributed by atoms with Crippen molar-refractivity contribution in [3.8, 4) is 11.5 Å². The summed E-state index contributed by atoms with van der Waals surface area (Å²) in [4.78, 5) is 15.7. The molecule has 0 radical (unpaired) electrons. The van der Waals surface area contributed by atoms with Crippen LogP contribution in [-0.2, 0) is 11.2 Å². The molecule has 1 aromatic rings. The molecule has 2 aliphatic rings. The van der Waals surface area contributed by atoms with Crippen LogP contribution in [0.2, 0.25) is 0 Å². The average Bonchev–Trinajstić information content (AvgIpc) is 2.66. The summed E-state index contributed by atoms with van der Waals surface area (Å²) >= 11 is 0. The van der Waals surface area contributed by atoms with Crippen molar-refractivity contribution in [1.29, 1.82) is 0 Å². The summed E-state index contributed by atoms with van der Waals surface area (Å²) in [6.07, 6.45) is 4.34. The summed E-state index contributed by atoms with van der Waals surface area (Å²) in [5, 5.41) is 0. The van der Waals surface area contributed by atoms with Gasteiger partial charge in [-0.1, -0.05) is 27.2 Å². The first-order valence-electron chi connectivity index (χ1n) is 10.4. The predicted octanol–water partition coefficient (Wildman–Crippen LogP) is 4.86. The zero-order chi connectivity index (χ0) is 19.7. The van der Waals surface area contributed by atoms with E-state index in [1.165, 1.54) is 24.0 Å². The van der Waals surface area contributed by atoms with Gasteiger partial charge in [-0.3, -0.25) is 4.79 Å². The zero-order valence-electron chi connectivity index (χ0n) is 17.7. The second-order valence-corrected chi connectivity index (χ2v) is 8.80. The highest BCUT2D eigenvalue weighted by Gasteiger charge is 2.40. The molecular weight excluding hydrogens is 338 g/mol. The van der Waals surface area contributed by atoms with Crippen LogP contribution in [0.1, 0.15) is 64.1 Å². The van der Waals surface area contributed by atoms with Gasteiger partial charge < -0.3 is 14.4 Å². The molecule has 1 saturated carbocycles. The Hall–Kier alpha value is -1.71. The van der Waals surface area contributed by atoms with E-state index in [-0.39, 0.29) is 12.0 Å². The molecule has 0 saturated heterocycles. The van der Waals surface area contributed by atoms with E-state index in [1.54, 1.807) is 14.2 Å². The smallest absolute Gasteiger partial charge is 0.226 e. The maximum atomic E-state index is 13.6. The topological polar surface area (TPSA) is 38.8 Å². The molecule has 1 fully saturated rings. The average molecular weight is 374 g/mol. The lowest BCUT2D eigenvalue weighted by Crippen LogP contribution is -2.46. The largest absolute Gasteiger partial charge is 0.493 e. The molecule has 150 valence electrons. The van der Waals surface area contributed by atoms with Crippen molar-refractivity contribution < 1.29 is 14.3 Å². The van der Waals surface area contributed by atoms with Crippen molar-refractivity contribution in [1.82, 2.24) is 4.90 Å². The Labute approximate surface area is 164 Å². The molecule has 1 aliphatic carbocycles. The molecule has 1 heterocycles. The molecule has 1 aliphatic heterocycles. The van der Waals surface area contributed by atoms with Gasteiger partial charge in [0.15, 0.2) is 11.5 Å². The number of ether oxygens (including phenoxy) is 2. The highest BCUT2D eigenvalue weighted by Crippen LogP contribution is 2.42. The maximum Gasteiger partial charge on any atom is 0.226 e. The van der Waals surface area contributed by atoms with Gasteiger partial charge in [0.1, 0.15) is 0 Å². The molecular formula is C23H35NO3. The molecule has 0 bridgehead atoms. The lowest BCUT2D eigenvalue weighted by Gasteiger charge is -2.42. The summed E-state index contributed by atoms with van der Waals surface area (Å²) < 4.78 is 11.0. The minimum atomic E-state index is 0.0751. The van der Waals surface area contributed by atoms with Crippen molar-refractivity contribution >= 4 is 5.91 Å². The summed E-state index contributed by atoms with van der Waals surface area (Å²) in [5.41, 5.74) is 2.46. The summed E-state index contributed by atoms with van der Waals surface area (Å²) in [6, 6.07) is 4.21.